The number of rotatable bonds is 3. The van der Waals surface area contributed by atoms with Crippen LogP contribution in [0.25, 0.3) is 32.8 Å². The molecule has 6 nitrogen and oxygen atoms in total. The van der Waals surface area contributed by atoms with E-state index in [1.807, 2.05) is 17.5 Å². The first-order valence-electron chi connectivity index (χ1n) is 7.73. The first kappa shape index (κ1) is 16.2. The summed E-state index contributed by atoms with van der Waals surface area (Å²) < 4.78 is 10.4. The summed E-state index contributed by atoms with van der Waals surface area (Å²) in [6.07, 6.45) is 3.39. The Morgan fingerprint density at radius 3 is 2.73 bits per heavy atom. The van der Waals surface area contributed by atoms with Gasteiger partial charge in [0.05, 0.1) is 11.3 Å². The predicted molar refractivity (Wildman–Crippen MR) is 98.1 cm³/mol. The number of aromatic nitrogens is 2. The van der Waals surface area contributed by atoms with Crippen LogP contribution in [-0.4, -0.2) is 15.9 Å². The molecule has 0 aliphatic carbocycles. The number of esters is 1. The lowest BCUT2D eigenvalue weighted by molar-refractivity contribution is -0.131. The summed E-state index contributed by atoms with van der Waals surface area (Å²) in [5, 5.41) is 3.34. The summed E-state index contributed by atoms with van der Waals surface area (Å²) in [7, 11) is 0. The number of hydrogen-bond donors (Lipinski definition) is 0. The Bertz CT molecular complexity index is 1170. The minimum atomic E-state index is -0.496. The van der Waals surface area contributed by atoms with E-state index in [0.29, 0.717) is 28.0 Å². The van der Waals surface area contributed by atoms with E-state index in [1.54, 1.807) is 30.6 Å². The van der Waals surface area contributed by atoms with E-state index in [1.165, 1.54) is 24.3 Å². The fraction of sp³-hybridized carbons (Fsp3) is 0.0526. The molecule has 1 aromatic carbocycles. The van der Waals surface area contributed by atoms with E-state index in [4.69, 9.17) is 9.15 Å². The van der Waals surface area contributed by atoms with Gasteiger partial charge in [-0.3, -0.25) is 9.78 Å². The lowest BCUT2D eigenvalue weighted by Crippen LogP contribution is -2.04. The number of fused-ring (bicyclic) bond motifs is 1. The summed E-state index contributed by atoms with van der Waals surface area (Å²) in [6, 6.07) is 10.4. The summed E-state index contributed by atoms with van der Waals surface area (Å²) in [6.45, 7) is 1.31. The monoisotopic (exact) mass is 364 g/mol. The molecular weight excluding hydrogens is 352 g/mol. The summed E-state index contributed by atoms with van der Waals surface area (Å²) in [5.41, 5.74) is 1.73. The molecule has 0 spiro atoms. The average molecular weight is 364 g/mol. The molecule has 0 unspecified atom stereocenters. The SMILES string of the molecule is CC(=O)Oc1ccc2cc(-c3csc(-c4ccncc4)n3)c(=O)oc2c1. The normalized spacial score (nSPS) is 10.8. The maximum Gasteiger partial charge on any atom is 0.345 e. The molecule has 0 saturated carbocycles. The summed E-state index contributed by atoms with van der Waals surface area (Å²) >= 11 is 1.44. The van der Waals surface area contributed by atoms with Crippen LogP contribution in [0, 0.1) is 0 Å². The van der Waals surface area contributed by atoms with Gasteiger partial charge in [0.25, 0.3) is 0 Å². The van der Waals surface area contributed by atoms with E-state index in [-0.39, 0.29) is 0 Å². The molecule has 4 aromatic rings. The maximum absolute atomic E-state index is 12.4. The lowest BCUT2D eigenvalue weighted by Gasteiger charge is -2.03. The highest BCUT2D eigenvalue weighted by atomic mass is 32.1. The number of hydrogen-bond acceptors (Lipinski definition) is 7. The van der Waals surface area contributed by atoms with Crippen LogP contribution < -0.4 is 10.4 Å². The van der Waals surface area contributed by atoms with E-state index >= 15 is 0 Å². The van der Waals surface area contributed by atoms with E-state index in [0.717, 1.165) is 10.6 Å². The van der Waals surface area contributed by atoms with Gasteiger partial charge in [-0.15, -0.1) is 11.3 Å². The van der Waals surface area contributed by atoms with Crippen molar-refractivity contribution in [3.05, 3.63) is 64.6 Å². The second-order valence-corrected chi connectivity index (χ2v) is 6.37. The largest absolute Gasteiger partial charge is 0.427 e. The average Bonchev–Trinajstić information content (AvgIpc) is 3.11. The minimum absolute atomic E-state index is 0.328. The van der Waals surface area contributed by atoms with Crippen LogP contribution in [0.2, 0.25) is 0 Å². The van der Waals surface area contributed by atoms with Crippen molar-refractivity contribution in [1.82, 2.24) is 9.97 Å². The van der Waals surface area contributed by atoms with Crippen molar-refractivity contribution in [2.45, 2.75) is 6.92 Å². The molecule has 0 N–H and O–H groups in total. The van der Waals surface area contributed by atoms with Gasteiger partial charge in [0.2, 0.25) is 0 Å². The van der Waals surface area contributed by atoms with Crippen molar-refractivity contribution in [3.63, 3.8) is 0 Å². The minimum Gasteiger partial charge on any atom is -0.427 e. The highest BCUT2D eigenvalue weighted by Crippen LogP contribution is 2.29. The Labute approximate surface area is 151 Å². The standard InChI is InChI=1S/C19H12N2O4S/c1-11(22)24-14-3-2-13-8-15(19(23)25-17(13)9-14)16-10-26-18(21-16)12-4-6-20-7-5-12/h2-10H,1H3. The molecule has 0 aliphatic rings. The van der Waals surface area contributed by atoms with Crippen LogP contribution in [0.3, 0.4) is 0 Å². The van der Waals surface area contributed by atoms with E-state index in [9.17, 15) is 9.59 Å². The number of carbonyl (C=O) groups excluding carboxylic acids is 1. The molecule has 4 rings (SSSR count). The zero-order valence-corrected chi connectivity index (χ0v) is 14.4. The van der Waals surface area contributed by atoms with Crippen LogP contribution in [0.15, 0.2) is 63.4 Å². The molecule has 26 heavy (non-hydrogen) atoms. The fourth-order valence-electron chi connectivity index (χ4n) is 2.52. The molecular formula is C19H12N2O4S. The van der Waals surface area contributed by atoms with Gasteiger partial charge < -0.3 is 9.15 Å². The molecule has 0 amide bonds. The molecule has 7 heteroatoms. The van der Waals surface area contributed by atoms with Crippen molar-refractivity contribution < 1.29 is 13.9 Å². The highest BCUT2D eigenvalue weighted by Gasteiger charge is 2.13. The second-order valence-electron chi connectivity index (χ2n) is 5.51. The molecule has 0 saturated heterocycles. The Morgan fingerprint density at radius 1 is 1.15 bits per heavy atom. The van der Waals surface area contributed by atoms with Crippen molar-refractivity contribution in [2.75, 3.05) is 0 Å². The first-order chi connectivity index (χ1) is 12.6. The Morgan fingerprint density at radius 2 is 1.96 bits per heavy atom. The van der Waals surface area contributed by atoms with Crippen molar-refractivity contribution >= 4 is 28.3 Å². The number of thiazole rings is 1. The maximum atomic E-state index is 12.4. The van der Waals surface area contributed by atoms with Crippen molar-refractivity contribution in [3.8, 4) is 27.6 Å². The van der Waals surface area contributed by atoms with Gasteiger partial charge in [0.1, 0.15) is 16.3 Å². The topological polar surface area (TPSA) is 82.3 Å². The Hall–Kier alpha value is -3.32. The van der Waals surface area contributed by atoms with Gasteiger partial charge in [-0.2, -0.15) is 0 Å². The molecule has 128 valence electrons. The number of carbonyl (C=O) groups is 1. The first-order valence-corrected chi connectivity index (χ1v) is 8.61. The van der Waals surface area contributed by atoms with Gasteiger partial charge in [0, 0.05) is 41.7 Å². The number of nitrogens with zero attached hydrogens (tertiary/aromatic N) is 2. The van der Waals surface area contributed by atoms with Gasteiger partial charge in [0.15, 0.2) is 0 Å². The van der Waals surface area contributed by atoms with Crippen LogP contribution in [0.5, 0.6) is 5.75 Å². The van der Waals surface area contributed by atoms with Crippen molar-refractivity contribution in [2.24, 2.45) is 0 Å². The summed E-state index contributed by atoms with van der Waals surface area (Å²) in [5.74, 6) is -0.107. The number of ether oxygens (including phenoxy) is 1. The van der Waals surface area contributed by atoms with Crippen LogP contribution in [0.1, 0.15) is 6.92 Å². The smallest absolute Gasteiger partial charge is 0.345 e. The van der Waals surface area contributed by atoms with E-state index in [2.05, 4.69) is 9.97 Å². The van der Waals surface area contributed by atoms with Gasteiger partial charge >= 0.3 is 11.6 Å². The molecule has 3 heterocycles. The third-order valence-electron chi connectivity index (χ3n) is 3.68. The molecule has 0 fully saturated rings. The fourth-order valence-corrected chi connectivity index (χ4v) is 3.35. The lowest BCUT2D eigenvalue weighted by atomic mass is 10.1. The molecule has 0 bridgehead atoms. The molecule has 0 aliphatic heterocycles. The summed E-state index contributed by atoms with van der Waals surface area (Å²) in [4.78, 5) is 32.0. The number of pyridine rings is 1. The second kappa shape index (κ2) is 6.53. The van der Waals surface area contributed by atoms with Gasteiger partial charge in [-0.05, 0) is 30.3 Å². The van der Waals surface area contributed by atoms with E-state index < -0.39 is 11.6 Å². The molecule has 0 radical (unpaired) electrons. The zero-order valence-electron chi connectivity index (χ0n) is 13.6. The van der Waals surface area contributed by atoms with Crippen LogP contribution in [-0.2, 0) is 4.79 Å². The highest BCUT2D eigenvalue weighted by molar-refractivity contribution is 7.13. The Kier molecular flexibility index (Phi) is 4.06. The van der Waals surface area contributed by atoms with Crippen LogP contribution in [0.4, 0.5) is 0 Å². The third-order valence-corrected chi connectivity index (χ3v) is 4.57. The molecule has 3 aromatic heterocycles. The van der Waals surface area contributed by atoms with Crippen molar-refractivity contribution in [1.29, 1.82) is 0 Å². The predicted octanol–water partition coefficient (Wildman–Crippen LogP) is 3.90. The van der Waals surface area contributed by atoms with Crippen LogP contribution >= 0.6 is 11.3 Å². The third kappa shape index (κ3) is 3.12. The zero-order chi connectivity index (χ0) is 18.1. The number of benzene rings is 1. The molecule has 0 atom stereocenters. The quantitative estimate of drug-likeness (QED) is 0.311. The van der Waals surface area contributed by atoms with Gasteiger partial charge in [-0.25, -0.2) is 9.78 Å². The van der Waals surface area contributed by atoms with Gasteiger partial charge in [-0.1, -0.05) is 0 Å². The Balaban J connectivity index is 1.75.